The second-order valence-electron chi connectivity index (χ2n) is 10.0. The van der Waals surface area contributed by atoms with Gasteiger partial charge in [0.05, 0.1) is 20.3 Å². The Bertz CT molecular complexity index is 1050. The van der Waals surface area contributed by atoms with E-state index in [1.165, 1.54) is 4.90 Å². The summed E-state index contributed by atoms with van der Waals surface area (Å²) in [5.41, 5.74) is 1.07. The standard InChI is InChI=1S/C28H38N2O6/c1-6-35-25-16-24(34-5)13-12-22(25)18-30(27(33)36-28(2,3)4)19-26(32)29-14-8-10-21(17-29)20-9-7-11-23(31)15-20/h7,9,11-13,15-16,21,31H,6,8,10,14,17-19H2,1-5H3. The topological polar surface area (TPSA) is 88.5 Å². The lowest BCUT2D eigenvalue weighted by atomic mass is 9.90. The van der Waals surface area contributed by atoms with Crippen molar-refractivity contribution in [2.75, 3.05) is 33.4 Å². The lowest BCUT2D eigenvalue weighted by molar-refractivity contribution is -0.133. The highest BCUT2D eigenvalue weighted by molar-refractivity contribution is 5.82. The number of carbonyl (C=O) groups excluding carboxylic acids is 2. The zero-order valence-electron chi connectivity index (χ0n) is 22.0. The summed E-state index contributed by atoms with van der Waals surface area (Å²) in [4.78, 5) is 29.8. The zero-order valence-corrected chi connectivity index (χ0v) is 22.0. The third-order valence-corrected chi connectivity index (χ3v) is 6.03. The van der Waals surface area contributed by atoms with E-state index in [2.05, 4.69) is 0 Å². The van der Waals surface area contributed by atoms with E-state index in [1.807, 2.05) is 25.1 Å². The van der Waals surface area contributed by atoms with Crippen LogP contribution in [0.4, 0.5) is 4.79 Å². The Morgan fingerprint density at radius 3 is 2.61 bits per heavy atom. The van der Waals surface area contributed by atoms with Crippen LogP contribution in [0.3, 0.4) is 0 Å². The molecule has 1 saturated heterocycles. The minimum Gasteiger partial charge on any atom is -0.508 e. The van der Waals surface area contributed by atoms with Gasteiger partial charge in [0.25, 0.3) is 0 Å². The van der Waals surface area contributed by atoms with Gasteiger partial charge in [-0.2, -0.15) is 0 Å². The highest BCUT2D eigenvalue weighted by Crippen LogP contribution is 2.30. The summed E-state index contributed by atoms with van der Waals surface area (Å²) in [6.07, 6.45) is 1.23. The molecular weight excluding hydrogens is 460 g/mol. The van der Waals surface area contributed by atoms with Crippen molar-refractivity contribution >= 4 is 12.0 Å². The summed E-state index contributed by atoms with van der Waals surface area (Å²) in [5.74, 6) is 1.46. The van der Waals surface area contributed by atoms with Gasteiger partial charge in [0.15, 0.2) is 0 Å². The molecule has 0 spiro atoms. The molecule has 0 radical (unpaired) electrons. The van der Waals surface area contributed by atoms with E-state index in [-0.39, 0.29) is 30.7 Å². The third kappa shape index (κ3) is 7.54. The average Bonchev–Trinajstić information content (AvgIpc) is 2.83. The molecule has 3 rings (SSSR count). The number of hydrogen-bond donors (Lipinski definition) is 1. The quantitative estimate of drug-likeness (QED) is 0.555. The monoisotopic (exact) mass is 498 g/mol. The SMILES string of the molecule is CCOc1cc(OC)ccc1CN(CC(=O)N1CCCC(c2cccc(O)c2)C1)C(=O)OC(C)(C)C. The summed E-state index contributed by atoms with van der Waals surface area (Å²) in [6, 6.07) is 12.6. The molecule has 0 saturated carbocycles. The molecule has 1 N–H and O–H groups in total. The summed E-state index contributed by atoms with van der Waals surface area (Å²) < 4.78 is 16.7. The molecule has 2 aromatic rings. The Morgan fingerprint density at radius 2 is 1.94 bits per heavy atom. The van der Waals surface area contributed by atoms with Crippen LogP contribution in [0.5, 0.6) is 17.2 Å². The van der Waals surface area contributed by atoms with Gasteiger partial charge in [0.2, 0.25) is 5.91 Å². The lowest BCUT2D eigenvalue weighted by Gasteiger charge is -2.35. The molecule has 1 aliphatic heterocycles. The van der Waals surface area contributed by atoms with E-state index >= 15 is 0 Å². The lowest BCUT2D eigenvalue weighted by Crippen LogP contribution is -2.47. The van der Waals surface area contributed by atoms with Crippen molar-refractivity contribution in [3.8, 4) is 17.2 Å². The van der Waals surface area contributed by atoms with Gasteiger partial charge in [-0.3, -0.25) is 9.69 Å². The number of methoxy groups -OCH3 is 1. The second-order valence-corrected chi connectivity index (χ2v) is 10.0. The zero-order chi connectivity index (χ0) is 26.3. The van der Waals surface area contributed by atoms with E-state index in [9.17, 15) is 14.7 Å². The summed E-state index contributed by atoms with van der Waals surface area (Å²) in [7, 11) is 1.58. The molecule has 2 amide bonds. The van der Waals surface area contributed by atoms with E-state index in [4.69, 9.17) is 14.2 Å². The normalized spacial score (nSPS) is 15.8. The van der Waals surface area contributed by atoms with Gasteiger partial charge >= 0.3 is 6.09 Å². The maximum Gasteiger partial charge on any atom is 0.411 e. The van der Waals surface area contributed by atoms with Crippen LogP contribution in [0.25, 0.3) is 0 Å². The number of ether oxygens (including phenoxy) is 3. The highest BCUT2D eigenvalue weighted by Gasteiger charge is 2.30. The highest BCUT2D eigenvalue weighted by atomic mass is 16.6. The van der Waals surface area contributed by atoms with Gasteiger partial charge < -0.3 is 24.2 Å². The molecule has 196 valence electrons. The molecule has 1 heterocycles. The van der Waals surface area contributed by atoms with Crippen molar-refractivity contribution in [2.24, 2.45) is 0 Å². The Balaban J connectivity index is 1.79. The van der Waals surface area contributed by atoms with E-state index in [1.54, 1.807) is 57.0 Å². The summed E-state index contributed by atoms with van der Waals surface area (Å²) >= 11 is 0. The van der Waals surface area contributed by atoms with Crippen molar-refractivity contribution in [3.63, 3.8) is 0 Å². The smallest absolute Gasteiger partial charge is 0.411 e. The van der Waals surface area contributed by atoms with Crippen molar-refractivity contribution in [1.82, 2.24) is 9.80 Å². The number of benzene rings is 2. The van der Waals surface area contributed by atoms with Crippen LogP contribution in [-0.4, -0.2) is 65.9 Å². The minimum absolute atomic E-state index is 0.112. The molecule has 1 fully saturated rings. The van der Waals surface area contributed by atoms with Crippen LogP contribution in [0.2, 0.25) is 0 Å². The fraction of sp³-hybridized carbons (Fsp3) is 0.500. The number of hydrogen-bond acceptors (Lipinski definition) is 6. The predicted octanol–water partition coefficient (Wildman–Crippen LogP) is 4.94. The van der Waals surface area contributed by atoms with E-state index < -0.39 is 11.7 Å². The summed E-state index contributed by atoms with van der Waals surface area (Å²) in [6.45, 7) is 8.95. The maximum atomic E-state index is 13.4. The first kappa shape index (κ1) is 27.2. The molecular formula is C28H38N2O6. The van der Waals surface area contributed by atoms with Gasteiger partial charge in [-0.05, 0) is 70.4 Å². The van der Waals surface area contributed by atoms with E-state index in [0.29, 0.717) is 31.2 Å². The first-order valence-corrected chi connectivity index (χ1v) is 12.4. The van der Waals surface area contributed by atoms with Crippen LogP contribution in [-0.2, 0) is 16.1 Å². The maximum absolute atomic E-state index is 13.4. The number of likely N-dealkylation sites (tertiary alicyclic amines) is 1. The molecule has 8 heteroatoms. The Kier molecular flexibility index (Phi) is 9.07. The largest absolute Gasteiger partial charge is 0.508 e. The number of aromatic hydroxyl groups is 1. The first-order valence-electron chi connectivity index (χ1n) is 12.4. The molecule has 1 unspecified atom stereocenters. The van der Waals surface area contributed by atoms with Crippen molar-refractivity contribution in [3.05, 3.63) is 53.6 Å². The molecule has 8 nitrogen and oxygen atoms in total. The van der Waals surface area contributed by atoms with Crippen LogP contribution in [0.15, 0.2) is 42.5 Å². The molecule has 1 aliphatic rings. The van der Waals surface area contributed by atoms with Crippen LogP contribution < -0.4 is 9.47 Å². The average molecular weight is 499 g/mol. The van der Waals surface area contributed by atoms with Gasteiger partial charge in [0, 0.05) is 30.6 Å². The van der Waals surface area contributed by atoms with Crippen molar-refractivity contribution < 1.29 is 28.9 Å². The molecule has 1 atom stereocenters. The number of phenols is 1. The number of rotatable bonds is 8. The number of nitrogens with zero attached hydrogens (tertiary/aromatic N) is 2. The van der Waals surface area contributed by atoms with Crippen LogP contribution in [0.1, 0.15) is 57.6 Å². The fourth-order valence-electron chi connectivity index (χ4n) is 4.32. The fourth-order valence-corrected chi connectivity index (χ4v) is 4.32. The molecule has 2 aromatic carbocycles. The number of phenolic OH excluding ortho intramolecular Hbond substituents is 1. The van der Waals surface area contributed by atoms with Crippen molar-refractivity contribution in [1.29, 1.82) is 0 Å². The number of amides is 2. The summed E-state index contributed by atoms with van der Waals surface area (Å²) in [5, 5.41) is 9.87. The second kappa shape index (κ2) is 12.0. The molecule has 0 aliphatic carbocycles. The Labute approximate surface area is 213 Å². The molecule has 0 bridgehead atoms. The number of carbonyl (C=O) groups is 2. The van der Waals surface area contributed by atoms with Gasteiger partial charge in [0.1, 0.15) is 29.4 Å². The van der Waals surface area contributed by atoms with E-state index in [0.717, 1.165) is 24.0 Å². The van der Waals surface area contributed by atoms with Crippen LogP contribution >= 0.6 is 0 Å². The molecule has 0 aromatic heterocycles. The van der Waals surface area contributed by atoms with Gasteiger partial charge in [-0.1, -0.05) is 12.1 Å². The van der Waals surface area contributed by atoms with Gasteiger partial charge in [-0.25, -0.2) is 4.79 Å². The minimum atomic E-state index is -0.702. The Hall–Kier alpha value is -3.42. The van der Waals surface area contributed by atoms with Crippen molar-refractivity contribution in [2.45, 2.75) is 58.6 Å². The number of piperidine rings is 1. The van der Waals surface area contributed by atoms with Crippen LogP contribution in [0, 0.1) is 0 Å². The van der Waals surface area contributed by atoms with Gasteiger partial charge in [-0.15, -0.1) is 0 Å². The predicted molar refractivity (Wildman–Crippen MR) is 137 cm³/mol. The molecule has 36 heavy (non-hydrogen) atoms. The third-order valence-electron chi connectivity index (χ3n) is 6.03. The Morgan fingerprint density at radius 1 is 1.17 bits per heavy atom. The first-order chi connectivity index (χ1) is 17.1.